The molecular weight excluding hydrogens is 266 g/mol. The SMILES string of the molecule is CCOC(=O)CC[C@@](N)(Br)C(=O)OCC. The molecule has 0 rings (SSSR count). The Morgan fingerprint density at radius 1 is 1.27 bits per heavy atom. The van der Waals surface area contributed by atoms with Crippen molar-refractivity contribution in [1.82, 2.24) is 0 Å². The average molecular weight is 282 g/mol. The van der Waals surface area contributed by atoms with E-state index in [1.165, 1.54) is 0 Å². The lowest BCUT2D eigenvalue weighted by molar-refractivity contribution is -0.147. The van der Waals surface area contributed by atoms with E-state index >= 15 is 0 Å². The molecule has 6 heteroatoms. The summed E-state index contributed by atoms with van der Waals surface area (Å²) in [6.45, 7) is 3.97. The Kier molecular flexibility index (Phi) is 6.51. The van der Waals surface area contributed by atoms with E-state index in [1.807, 2.05) is 0 Å². The molecule has 0 aromatic rings. The Balaban J connectivity index is 4.03. The number of carbonyl (C=O) groups is 2. The molecule has 2 N–H and O–H groups in total. The highest BCUT2D eigenvalue weighted by atomic mass is 79.9. The van der Waals surface area contributed by atoms with Crippen molar-refractivity contribution in [3.63, 3.8) is 0 Å². The van der Waals surface area contributed by atoms with Crippen molar-refractivity contribution in [1.29, 1.82) is 0 Å². The highest BCUT2D eigenvalue weighted by Gasteiger charge is 2.32. The third kappa shape index (κ3) is 5.74. The van der Waals surface area contributed by atoms with Crippen molar-refractivity contribution in [3.05, 3.63) is 0 Å². The molecule has 0 aromatic carbocycles. The van der Waals surface area contributed by atoms with Crippen molar-refractivity contribution >= 4 is 27.9 Å². The fraction of sp³-hybridized carbons (Fsp3) is 0.778. The van der Waals surface area contributed by atoms with Gasteiger partial charge >= 0.3 is 11.9 Å². The van der Waals surface area contributed by atoms with E-state index in [2.05, 4.69) is 15.9 Å². The van der Waals surface area contributed by atoms with Crippen molar-refractivity contribution < 1.29 is 19.1 Å². The van der Waals surface area contributed by atoms with Crippen LogP contribution in [-0.2, 0) is 19.1 Å². The van der Waals surface area contributed by atoms with Gasteiger partial charge in [0.15, 0.2) is 4.45 Å². The van der Waals surface area contributed by atoms with E-state index in [4.69, 9.17) is 15.2 Å². The van der Waals surface area contributed by atoms with Gasteiger partial charge in [-0.15, -0.1) is 0 Å². The molecule has 15 heavy (non-hydrogen) atoms. The number of esters is 2. The number of hydrogen-bond donors (Lipinski definition) is 1. The highest BCUT2D eigenvalue weighted by Crippen LogP contribution is 2.19. The molecule has 0 aliphatic heterocycles. The molecule has 0 heterocycles. The molecule has 0 aromatic heterocycles. The quantitative estimate of drug-likeness (QED) is 0.445. The van der Waals surface area contributed by atoms with Gasteiger partial charge in [-0.1, -0.05) is 15.9 Å². The fourth-order valence-corrected chi connectivity index (χ4v) is 1.18. The third-order valence-corrected chi connectivity index (χ3v) is 2.33. The van der Waals surface area contributed by atoms with E-state index in [0.29, 0.717) is 6.61 Å². The number of rotatable bonds is 6. The van der Waals surface area contributed by atoms with Crippen LogP contribution in [0.2, 0.25) is 0 Å². The zero-order chi connectivity index (χ0) is 11.9. The predicted octanol–water partition coefficient (Wildman–Crippen LogP) is 0.943. The van der Waals surface area contributed by atoms with Crippen LogP contribution in [0.3, 0.4) is 0 Å². The number of halogens is 1. The Morgan fingerprint density at radius 3 is 2.27 bits per heavy atom. The first-order valence-electron chi connectivity index (χ1n) is 4.74. The van der Waals surface area contributed by atoms with Crippen LogP contribution in [0.25, 0.3) is 0 Å². The summed E-state index contributed by atoms with van der Waals surface area (Å²) in [4.78, 5) is 22.3. The lowest BCUT2D eigenvalue weighted by Gasteiger charge is -2.19. The van der Waals surface area contributed by atoms with E-state index in [1.54, 1.807) is 13.8 Å². The normalized spacial score (nSPS) is 14.1. The summed E-state index contributed by atoms with van der Waals surface area (Å²) in [5.41, 5.74) is 5.63. The number of carbonyl (C=O) groups excluding carboxylic acids is 2. The zero-order valence-corrected chi connectivity index (χ0v) is 10.5. The van der Waals surface area contributed by atoms with Gasteiger partial charge in [-0.25, -0.2) is 4.79 Å². The lowest BCUT2D eigenvalue weighted by Crippen LogP contribution is -2.43. The number of nitrogens with two attached hydrogens (primary N) is 1. The molecule has 0 saturated carbocycles. The second-order valence-electron chi connectivity index (χ2n) is 2.89. The monoisotopic (exact) mass is 281 g/mol. The zero-order valence-electron chi connectivity index (χ0n) is 8.92. The maximum Gasteiger partial charge on any atom is 0.337 e. The fourth-order valence-electron chi connectivity index (χ4n) is 0.870. The first kappa shape index (κ1) is 14.4. The summed E-state index contributed by atoms with van der Waals surface area (Å²) < 4.78 is 8.14. The van der Waals surface area contributed by atoms with E-state index in [0.717, 1.165) is 0 Å². The van der Waals surface area contributed by atoms with Gasteiger partial charge in [0.1, 0.15) is 0 Å². The number of hydrogen-bond acceptors (Lipinski definition) is 5. The van der Waals surface area contributed by atoms with E-state index < -0.39 is 10.4 Å². The van der Waals surface area contributed by atoms with Gasteiger partial charge in [-0.05, 0) is 20.3 Å². The molecule has 0 amide bonds. The van der Waals surface area contributed by atoms with Gasteiger partial charge < -0.3 is 15.2 Å². The summed E-state index contributed by atoms with van der Waals surface area (Å²) in [5.74, 6) is -0.953. The van der Waals surface area contributed by atoms with Gasteiger partial charge in [0.2, 0.25) is 0 Å². The molecule has 0 spiro atoms. The second kappa shape index (κ2) is 6.79. The maximum absolute atomic E-state index is 11.3. The van der Waals surface area contributed by atoms with Crippen LogP contribution in [-0.4, -0.2) is 29.6 Å². The lowest BCUT2D eigenvalue weighted by atomic mass is 10.2. The van der Waals surface area contributed by atoms with Gasteiger partial charge in [0.25, 0.3) is 0 Å². The van der Waals surface area contributed by atoms with Crippen LogP contribution in [0.1, 0.15) is 26.7 Å². The second-order valence-corrected chi connectivity index (χ2v) is 4.30. The van der Waals surface area contributed by atoms with Gasteiger partial charge in [-0.2, -0.15) is 0 Å². The van der Waals surface area contributed by atoms with Crippen molar-refractivity contribution in [2.45, 2.75) is 31.1 Å². The molecule has 0 aliphatic rings. The molecule has 0 unspecified atom stereocenters. The first-order chi connectivity index (χ1) is 6.94. The van der Waals surface area contributed by atoms with E-state index in [9.17, 15) is 9.59 Å². The third-order valence-electron chi connectivity index (χ3n) is 1.61. The molecule has 0 bridgehead atoms. The smallest absolute Gasteiger partial charge is 0.337 e. The minimum Gasteiger partial charge on any atom is -0.466 e. The molecule has 88 valence electrons. The van der Waals surface area contributed by atoms with Crippen molar-refractivity contribution in [2.75, 3.05) is 13.2 Å². The first-order valence-corrected chi connectivity index (χ1v) is 5.54. The standard InChI is InChI=1S/C9H16BrNO4/c1-3-14-7(12)5-6-9(10,11)8(13)15-4-2/h3-6,11H2,1-2H3/t9-/m0/s1. The van der Waals surface area contributed by atoms with Crippen LogP contribution in [0, 0.1) is 0 Å². The molecule has 0 fully saturated rings. The summed E-state index contributed by atoms with van der Waals surface area (Å²) in [5, 5.41) is 0. The van der Waals surface area contributed by atoms with Crippen LogP contribution in [0.4, 0.5) is 0 Å². The molecule has 1 atom stereocenters. The summed E-state index contributed by atoms with van der Waals surface area (Å²) in [6, 6.07) is 0. The predicted molar refractivity (Wildman–Crippen MR) is 58.3 cm³/mol. The maximum atomic E-state index is 11.3. The van der Waals surface area contributed by atoms with Crippen LogP contribution in [0.5, 0.6) is 0 Å². The Hall–Kier alpha value is -0.620. The Bertz CT molecular complexity index is 230. The largest absolute Gasteiger partial charge is 0.466 e. The molecule has 0 aliphatic carbocycles. The average Bonchev–Trinajstić information content (AvgIpc) is 2.16. The van der Waals surface area contributed by atoms with Crippen molar-refractivity contribution in [2.24, 2.45) is 5.73 Å². The number of ether oxygens (including phenoxy) is 2. The summed E-state index contributed by atoms with van der Waals surface area (Å²) in [7, 11) is 0. The minimum atomic E-state index is -1.31. The summed E-state index contributed by atoms with van der Waals surface area (Å²) >= 11 is 3.02. The van der Waals surface area contributed by atoms with Gasteiger partial charge in [0.05, 0.1) is 13.2 Å². The topological polar surface area (TPSA) is 78.6 Å². The van der Waals surface area contributed by atoms with Gasteiger partial charge in [0, 0.05) is 6.42 Å². The van der Waals surface area contributed by atoms with Gasteiger partial charge in [-0.3, -0.25) is 4.79 Å². The molecule has 5 nitrogen and oxygen atoms in total. The number of alkyl halides is 1. The van der Waals surface area contributed by atoms with Crippen molar-refractivity contribution in [3.8, 4) is 0 Å². The van der Waals surface area contributed by atoms with E-state index in [-0.39, 0.29) is 25.4 Å². The summed E-state index contributed by atoms with van der Waals surface area (Å²) in [6.07, 6.45) is 0.221. The highest BCUT2D eigenvalue weighted by molar-refractivity contribution is 9.10. The van der Waals surface area contributed by atoms with Crippen LogP contribution >= 0.6 is 15.9 Å². The minimum absolute atomic E-state index is 0.0778. The van der Waals surface area contributed by atoms with Crippen LogP contribution in [0.15, 0.2) is 0 Å². The van der Waals surface area contributed by atoms with Crippen LogP contribution < -0.4 is 5.73 Å². The molecular formula is C9H16BrNO4. The molecule has 0 saturated heterocycles. The Labute approximate surface area is 97.4 Å². The molecule has 0 radical (unpaired) electrons. The Morgan fingerprint density at radius 2 is 1.80 bits per heavy atom.